The fourth-order valence-corrected chi connectivity index (χ4v) is 2.40. The van der Waals surface area contributed by atoms with E-state index in [1.54, 1.807) is 18.6 Å². The highest BCUT2D eigenvalue weighted by Gasteiger charge is 2.41. The molecule has 0 bridgehead atoms. The zero-order valence-corrected chi connectivity index (χ0v) is 10.7. The smallest absolute Gasteiger partial charge is 0.196 e. The summed E-state index contributed by atoms with van der Waals surface area (Å²) in [6.07, 6.45) is 5.13. The monoisotopic (exact) mass is 253 g/mol. The normalized spacial score (nSPS) is 22.4. The topological polar surface area (TPSA) is 67.4 Å². The molecular formula is C14H15N5. The van der Waals surface area contributed by atoms with Crippen molar-refractivity contribution in [3.05, 3.63) is 54.6 Å². The van der Waals surface area contributed by atoms with E-state index in [-0.39, 0.29) is 5.54 Å². The molecule has 1 atom stereocenters. The molecule has 2 aromatic rings. The summed E-state index contributed by atoms with van der Waals surface area (Å²) in [7, 11) is 0. The number of nitrogens with zero attached hydrogens (tertiary/aromatic N) is 4. The zero-order valence-electron chi connectivity index (χ0n) is 10.7. The van der Waals surface area contributed by atoms with Crippen molar-refractivity contribution < 1.29 is 0 Å². The number of hydrogen-bond donors (Lipinski definition) is 1. The molecule has 0 spiro atoms. The van der Waals surface area contributed by atoms with Crippen molar-refractivity contribution in [2.75, 3.05) is 11.4 Å². The summed E-state index contributed by atoms with van der Waals surface area (Å²) in [4.78, 5) is 14.9. The summed E-state index contributed by atoms with van der Waals surface area (Å²) in [6.45, 7) is 2.65. The average Bonchev–Trinajstić information content (AvgIpc) is 2.78. The first-order valence-corrected chi connectivity index (χ1v) is 6.13. The van der Waals surface area contributed by atoms with Gasteiger partial charge in [-0.15, -0.1) is 0 Å². The van der Waals surface area contributed by atoms with Gasteiger partial charge < -0.3 is 5.73 Å². The Morgan fingerprint density at radius 2 is 2.00 bits per heavy atom. The van der Waals surface area contributed by atoms with Gasteiger partial charge in [-0.05, 0) is 19.1 Å². The second-order valence-corrected chi connectivity index (χ2v) is 4.71. The number of nitrogens with two attached hydrogens (primary N) is 1. The van der Waals surface area contributed by atoms with Gasteiger partial charge in [0.2, 0.25) is 0 Å². The summed E-state index contributed by atoms with van der Waals surface area (Å²) in [5.74, 6) is 0.513. The lowest BCUT2D eigenvalue weighted by Crippen LogP contribution is -2.48. The Hall–Kier alpha value is -2.43. The first kappa shape index (κ1) is 11.6. The van der Waals surface area contributed by atoms with E-state index in [1.165, 1.54) is 0 Å². The van der Waals surface area contributed by atoms with E-state index in [9.17, 15) is 0 Å². The molecule has 1 aliphatic heterocycles. The van der Waals surface area contributed by atoms with Crippen molar-refractivity contribution in [2.45, 2.75) is 12.5 Å². The number of guanidine groups is 1. The molecule has 0 radical (unpaired) electrons. The molecule has 2 heterocycles. The molecular weight excluding hydrogens is 238 g/mol. The maximum atomic E-state index is 6.05. The van der Waals surface area contributed by atoms with Crippen LogP contribution in [0.4, 0.5) is 5.69 Å². The van der Waals surface area contributed by atoms with Crippen LogP contribution in [0.1, 0.15) is 12.6 Å². The molecule has 1 aliphatic rings. The van der Waals surface area contributed by atoms with Crippen LogP contribution >= 0.6 is 0 Å². The zero-order chi connectivity index (χ0) is 13.3. The van der Waals surface area contributed by atoms with Gasteiger partial charge in [-0.25, -0.2) is 0 Å². The van der Waals surface area contributed by atoms with Crippen LogP contribution in [-0.2, 0) is 5.54 Å². The lowest BCUT2D eigenvalue weighted by atomic mass is 9.96. The quantitative estimate of drug-likeness (QED) is 0.881. The van der Waals surface area contributed by atoms with Gasteiger partial charge in [0.1, 0.15) is 5.54 Å². The number of benzene rings is 1. The Kier molecular flexibility index (Phi) is 2.67. The van der Waals surface area contributed by atoms with Gasteiger partial charge in [0.25, 0.3) is 0 Å². The Labute approximate surface area is 111 Å². The molecule has 0 saturated heterocycles. The summed E-state index contributed by atoms with van der Waals surface area (Å²) < 4.78 is 0. The van der Waals surface area contributed by atoms with Crippen LogP contribution in [0.3, 0.4) is 0 Å². The Morgan fingerprint density at radius 1 is 1.21 bits per heavy atom. The van der Waals surface area contributed by atoms with E-state index in [1.807, 2.05) is 35.2 Å². The summed E-state index contributed by atoms with van der Waals surface area (Å²) in [5.41, 5.74) is 7.54. The molecule has 1 aromatic carbocycles. The summed E-state index contributed by atoms with van der Waals surface area (Å²) in [5, 5.41) is 0. The number of rotatable bonds is 2. The first-order valence-electron chi connectivity index (χ1n) is 6.13. The van der Waals surface area contributed by atoms with E-state index < -0.39 is 0 Å². The van der Waals surface area contributed by atoms with Crippen LogP contribution in [0.25, 0.3) is 0 Å². The number of anilines is 1. The highest BCUT2D eigenvalue weighted by Crippen LogP contribution is 2.35. The van der Waals surface area contributed by atoms with Crippen molar-refractivity contribution in [2.24, 2.45) is 10.7 Å². The van der Waals surface area contributed by atoms with Crippen LogP contribution in [0.15, 0.2) is 53.9 Å². The predicted octanol–water partition coefficient (Wildman–Crippen LogP) is 1.53. The number of aliphatic imine (C=N–C) groups is 1. The number of hydrogen-bond acceptors (Lipinski definition) is 5. The molecule has 19 heavy (non-hydrogen) atoms. The summed E-state index contributed by atoms with van der Waals surface area (Å²) in [6, 6.07) is 9.98. The minimum absolute atomic E-state index is 0.389. The molecule has 0 fully saturated rings. The van der Waals surface area contributed by atoms with E-state index in [0.717, 1.165) is 11.4 Å². The lowest BCUT2D eigenvalue weighted by Gasteiger charge is -2.35. The van der Waals surface area contributed by atoms with E-state index in [0.29, 0.717) is 12.5 Å². The standard InChI is InChI=1S/C14H15N5/c1-14(12-9-16-7-8-17-12)10-18-13(15)19(14)11-5-3-2-4-6-11/h2-9H,10H2,1H3,(H2,15,18). The third-order valence-corrected chi connectivity index (χ3v) is 3.40. The second kappa shape index (κ2) is 4.35. The molecule has 5 nitrogen and oxygen atoms in total. The van der Waals surface area contributed by atoms with Gasteiger partial charge in [-0.2, -0.15) is 0 Å². The Balaban J connectivity index is 2.08. The molecule has 5 heteroatoms. The van der Waals surface area contributed by atoms with Gasteiger partial charge in [0, 0.05) is 18.1 Å². The number of aromatic nitrogens is 2. The van der Waals surface area contributed by atoms with Gasteiger partial charge in [0.15, 0.2) is 5.96 Å². The van der Waals surface area contributed by atoms with Gasteiger partial charge in [0.05, 0.1) is 18.4 Å². The van der Waals surface area contributed by atoms with Crippen molar-refractivity contribution in [1.29, 1.82) is 0 Å². The van der Waals surface area contributed by atoms with Crippen molar-refractivity contribution in [1.82, 2.24) is 9.97 Å². The lowest BCUT2D eigenvalue weighted by molar-refractivity contribution is 0.513. The van der Waals surface area contributed by atoms with Crippen LogP contribution in [0.5, 0.6) is 0 Å². The van der Waals surface area contributed by atoms with E-state index in [2.05, 4.69) is 21.9 Å². The number of para-hydroxylation sites is 1. The molecule has 96 valence electrons. The van der Waals surface area contributed by atoms with E-state index >= 15 is 0 Å². The summed E-state index contributed by atoms with van der Waals surface area (Å²) >= 11 is 0. The maximum Gasteiger partial charge on any atom is 0.196 e. The molecule has 0 aliphatic carbocycles. The Morgan fingerprint density at radius 3 is 2.68 bits per heavy atom. The van der Waals surface area contributed by atoms with Gasteiger partial charge in [-0.3, -0.25) is 19.9 Å². The Bertz CT molecular complexity index is 596. The first-order chi connectivity index (χ1) is 9.22. The second-order valence-electron chi connectivity index (χ2n) is 4.71. The molecule has 0 saturated carbocycles. The minimum atomic E-state index is -0.389. The van der Waals surface area contributed by atoms with Crippen LogP contribution in [0.2, 0.25) is 0 Å². The van der Waals surface area contributed by atoms with Crippen molar-refractivity contribution >= 4 is 11.6 Å². The van der Waals surface area contributed by atoms with Crippen molar-refractivity contribution in [3.63, 3.8) is 0 Å². The third kappa shape index (κ3) is 1.83. The molecule has 3 rings (SSSR count). The fourth-order valence-electron chi connectivity index (χ4n) is 2.40. The third-order valence-electron chi connectivity index (χ3n) is 3.40. The molecule has 2 N–H and O–H groups in total. The van der Waals surface area contributed by atoms with Gasteiger partial charge in [-0.1, -0.05) is 18.2 Å². The molecule has 0 amide bonds. The maximum absolute atomic E-state index is 6.05. The van der Waals surface area contributed by atoms with E-state index in [4.69, 9.17) is 5.73 Å². The molecule has 1 unspecified atom stereocenters. The average molecular weight is 253 g/mol. The molecule has 1 aromatic heterocycles. The van der Waals surface area contributed by atoms with Gasteiger partial charge >= 0.3 is 0 Å². The van der Waals surface area contributed by atoms with Crippen molar-refractivity contribution in [3.8, 4) is 0 Å². The van der Waals surface area contributed by atoms with Crippen LogP contribution in [0, 0.1) is 0 Å². The fraction of sp³-hybridized carbons (Fsp3) is 0.214. The SMILES string of the molecule is CC1(c2cnccn2)CN=C(N)N1c1ccccc1. The predicted molar refractivity (Wildman–Crippen MR) is 74.8 cm³/mol. The van der Waals surface area contributed by atoms with Crippen LogP contribution in [-0.4, -0.2) is 22.5 Å². The largest absolute Gasteiger partial charge is 0.369 e. The highest BCUT2D eigenvalue weighted by atomic mass is 15.4. The minimum Gasteiger partial charge on any atom is -0.369 e. The highest BCUT2D eigenvalue weighted by molar-refractivity contribution is 5.98. The van der Waals surface area contributed by atoms with Crippen LogP contribution < -0.4 is 10.6 Å².